The van der Waals surface area contributed by atoms with Crippen LogP contribution in [0.5, 0.6) is 11.5 Å². The van der Waals surface area contributed by atoms with Gasteiger partial charge in [0.05, 0.1) is 17.2 Å². The van der Waals surface area contributed by atoms with Crippen molar-refractivity contribution in [1.82, 2.24) is 14.8 Å². The molecular weight excluding hydrogens is 547 g/mol. The van der Waals surface area contributed by atoms with Crippen LogP contribution >= 0.6 is 35.0 Å². The highest BCUT2D eigenvalue weighted by atomic mass is 35.5. The first-order valence-corrected chi connectivity index (χ1v) is 13.3. The van der Waals surface area contributed by atoms with E-state index in [1.165, 1.54) is 24.4 Å². The van der Waals surface area contributed by atoms with Crippen LogP contribution in [0.1, 0.15) is 33.3 Å². The number of halogens is 2. The number of methoxy groups -OCH3 is 1. The second kappa shape index (κ2) is 12.1. The molecule has 198 valence electrons. The fourth-order valence-corrected chi connectivity index (χ4v) is 5.33. The standard InChI is InChI=1S/C27H26Cl2N4O4S/c1-16-5-8-21(11-17(16)2)33-18(3)30-31-27(33)38-26(14-32(34)35)20-7-10-24(25(13-20)36-4)37-15-19-6-9-22(28)23(29)12-19/h5-13,26H,14-15H2,1-4H3/t26-/m1/s1. The van der Waals surface area contributed by atoms with E-state index in [-0.39, 0.29) is 18.1 Å². The van der Waals surface area contributed by atoms with Crippen LogP contribution in [0.3, 0.4) is 0 Å². The summed E-state index contributed by atoms with van der Waals surface area (Å²) in [7, 11) is 1.53. The van der Waals surface area contributed by atoms with Crippen molar-refractivity contribution in [2.24, 2.45) is 0 Å². The van der Waals surface area contributed by atoms with E-state index in [2.05, 4.69) is 16.3 Å². The Morgan fingerprint density at radius 2 is 1.76 bits per heavy atom. The van der Waals surface area contributed by atoms with Crippen molar-refractivity contribution in [1.29, 1.82) is 0 Å². The molecule has 0 spiro atoms. The van der Waals surface area contributed by atoms with Crippen molar-refractivity contribution < 1.29 is 14.4 Å². The van der Waals surface area contributed by atoms with E-state index in [0.717, 1.165) is 16.8 Å². The molecule has 0 aliphatic carbocycles. The molecule has 8 nitrogen and oxygen atoms in total. The van der Waals surface area contributed by atoms with Gasteiger partial charge in [-0.25, -0.2) is 0 Å². The van der Waals surface area contributed by atoms with Gasteiger partial charge in [0.25, 0.3) is 0 Å². The molecule has 4 rings (SSSR count). The second-order valence-electron chi connectivity index (χ2n) is 8.70. The third-order valence-corrected chi connectivity index (χ3v) is 7.96. The van der Waals surface area contributed by atoms with E-state index in [4.69, 9.17) is 32.7 Å². The number of ether oxygens (including phenoxy) is 2. The molecule has 1 aromatic heterocycles. The lowest BCUT2D eigenvalue weighted by Crippen LogP contribution is -2.11. The van der Waals surface area contributed by atoms with E-state index in [1.54, 1.807) is 30.3 Å². The minimum Gasteiger partial charge on any atom is -0.493 e. The van der Waals surface area contributed by atoms with Gasteiger partial charge in [-0.05, 0) is 79.4 Å². The van der Waals surface area contributed by atoms with Gasteiger partial charge in [-0.1, -0.05) is 53.2 Å². The molecule has 0 radical (unpaired) electrons. The molecule has 4 aromatic rings. The molecule has 3 aromatic carbocycles. The Morgan fingerprint density at radius 3 is 2.45 bits per heavy atom. The van der Waals surface area contributed by atoms with Gasteiger partial charge >= 0.3 is 0 Å². The monoisotopic (exact) mass is 572 g/mol. The maximum Gasteiger partial charge on any atom is 0.220 e. The van der Waals surface area contributed by atoms with Crippen LogP contribution in [0, 0.1) is 30.9 Å². The Bertz CT molecular complexity index is 1480. The van der Waals surface area contributed by atoms with Crippen molar-refractivity contribution in [2.75, 3.05) is 13.7 Å². The molecule has 1 heterocycles. The van der Waals surface area contributed by atoms with Gasteiger partial charge < -0.3 is 9.47 Å². The Morgan fingerprint density at radius 1 is 0.974 bits per heavy atom. The van der Waals surface area contributed by atoms with Crippen LogP contribution < -0.4 is 9.47 Å². The predicted molar refractivity (Wildman–Crippen MR) is 150 cm³/mol. The third kappa shape index (κ3) is 6.40. The molecule has 0 aliphatic heterocycles. The zero-order valence-corrected chi connectivity index (χ0v) is 23.6. The molecule has 0 aliphatic rings. The lowest BCUT2D eigenvalue weighted by Gasteiger charge is -2.17. The second-order valence-corrected chi connectivity index (χ2v) is 10.7. The van der Waals surface area contributed by atoms with Crippen molar-refractivity contribution in [2.45, 2.75) is 37.8 Å². The Kier molecular flexibility index (Phi) is 8.81. The third-order valence-electron chi connectivity index (χ3n) is 6.04. The van der Waals surface area contributed by atoms with Crippen molar-refractivity contribution >= 4 is 35.0 Å². The molecule has 0 amide bonds. The van der Waals surface area contributed by atoms with Gasteiger partial charge in [-0.2, -0.15) is 0 Å². The summed E-state index contributed by atoms with van der Waals surface area (Å²) in [5, 5.41) is 21.1. The van der Waals surface area contributed by atoms with E-state index < -0.39 is 5.25 Å². The molecule has 38 heavy (non-hydrogen) atoms. The lowest BCUT2D eigenvalue weighted by atomic mass is 10.1. The van der Waals surface area contributed by atoms with Crippen molar-refractivity contribution in [3.05, 3.63) is 103 Å². The zero-order chi connectivity index (χ0) is 27.4. The fraction of sp³-hybridized carbons (Fsp3) is 0.259. The summed E-state index contributed by atoms with van der Waals surface area (Å²) in [6.45, 7) is 5.89. The smallest absolute Gasteiger partial charge is 0.220 e. The molecule has 0 fully saturated rings. The molecule has 0 N–H and O–H groups in total. The summed E-state index contributed by atoms with van der Waals surface area (Å²) < 4.78 is 13.4. The summed E-state index contributed by atoms with van der Waals surface area (Å²) in [5.74, 6) is 1.66. The van der Waals surface area contributed by atoms with Crippen LogP contribution in [0.2, 0.25) is 10.0 Å². The zero-order valence-electron chi connectivity index (χ0n) is 21.3. The minimum absolute atomic E-state index is 0.248. The van der Waals surface area contributed by atoms with Gasteiger partial charge in [-0.15, -0.1) is 10.2 Å². The summed E-state index contributed by atoms with van der Waals surface area (Å²) in [4.78, 5) is 11.3. The number of nitro groups is 1. The van der Waals surface area contributed by atoms with Crippen LogP contribution in [0.4, 0.5) is 0 Å². The maximum atomic E-state index is 11.6. The first-order valence-electron chi connectivity index (χ1n) is 11.7. The van der Waals surface area contributed by atoms with Gasteiger partial charge in [0.1, 0.15) is 17.7 Å². The summed E-state index contributed by atoms with van der Waals surface area (Å²) in [6.07, 6.45) is 0. The predicted octanol–water partition coefficient (Wildman–Crippen LogP) is 7.20. The molecular formula is C27H26Cl2N4O4S. The summed E-state index contributed by atoms with van der Waals surface area (Å²) in [6, 6.07) is 16.7. The minimum atomic E-state index is -0.545. The normalized spacial score (nSPS) is 11.8. The quantitative estimate of drug-likeness (QED) is 0.113. The van der Waals surface area contributed by atoms with Crippen molar-refractivity contribution in [3.8, 4) is 17.2 Å². The fourth-order valence-electron chi connectivity index (χ4n) is 3.85. The number of aryl methyl sites for hydroxylation is 3. The molecule has 0 saturated carbocycles. The SMILES string of the molecule is COc1cc([C@@H](C[N+](=O)[O-])Sc2nnc(C)n2-c2ccc(C)c(C)c2)ccc1OCc1ccc(Cl)c(Cl)c1. The number of thioether (sulfide) groups is 1. The number of hydrogen-bond donors (Lipinski definition) is 0. The van der Waals surface area contributed by atoms with Crippen LogP contribution in [0.25, 0.3) is 5.69 Å². The number of aromatic nitrogens is 3. The van der Waals surface area contributed by atoms with E-state index >= 15 is 0 Å². The lowest BCUT2D eigenvalue weighted by molar-refractivity contribution is -0.479. The Hall–Kier alpha value is -3.27. The topological polar surface area (TPSA) is 92.3 Å². The average molecular weight is 574 g/mol. The van der Waals surface area contributed by atoms with E-state index in [9.17, 15) is 10.1 Å². The van der Waals surface area contributed by atoms with E-state index in [0.29, 0.717) is 38.1 Å². The van der Waals surface area contributed by atoms with Gasteiger partial charge in [-0.3, -0.25) is 14.7 Å². The first kappa shape index (κ1) is 27.8. The molecule has 11 heteroatoms. The van der Waals surface area contributed by atoms with Crippen molar-refractivity contribution in [3.63, 3.8) is 0 Å². The van der Waals surface area contributed by atoms with Crippen LogP contribution in [-0.4, -0.2) is 33.3 Å². The molecule has 1 atom stereocenters. The Labute approximate surface area is 235 Å². The number of benzene rings is 3. The Balaban J connectivity index is 1.61. The number of hydrogen-bond acceptors (Lipinski definition) is 7. The number of nitrogens with zero attached hydrogens (tertiary/aromatic N) is 4. The van der Waals surface area contributed by atoms with Gasteiger partial charge in [0.15, 0.2) is 16.7 Å². The summed E-state index contributed by atoms with van der Waals surface area (Å²) in [5.41, 5.74) is 4.76. The average Bonchev–Trinajstić information content (AvgIpc) is 3.25. The highest BCUT2D eigenvalue weighted by Gasteiger charge is 2.25. The molecule has 0 bridgehead atoms. The molecule has 0 saturated heterocycles. The van der Waals surface area contributed by atoms with Crippen LogP contribution in [-0.2, 0) is 6.61 Å². The molecule has 0 unspecified atom stereocenters. The first-order chi connectivity index (χ1) is 18.2. The summed E-state index contributed by atoms with van der Waals surface area (Å²) >= 11 is 13.4. The van der Waals surface area contributed by atoms with Gasteiger partial charge in [0, 0.05) is 10.6 Å². The van der Waals surface area contributed by atoms with Crippen LogP contribution in [0.15, 0.2) is 59.8 Å². The highest BCUT2D eigenvalue weighted by Crippen LogP contribution is 2.40. The number of rotatable bonds is 10. The largest absolute Gasteiger partial charge is 0.493 e. The van der Waals surface area contributed by atoms with Gasteiger partial charge in [0.2, 0.25) is 6.54 Å². The maximum absolute atomic E-state index is 11.6. The highest BCUT2D eigenvalue weighted by molar-refractivity contribution is 7.99. The van der Waals surface area contributed by atoms with E-state index in [1.807, 2.05) is 43.5 Å².